The normalized spacial score (nSPS) is 8.73. The predicted molar refractivity (Wildman–Crippen MR) is 48.5 cm³/mol. The SMILES string of the molecule is CCCC.Cc1ccnn1C. The van der Waals surface area contributed by atoms with Gasteiger partial charge in [0.2, 0.25) is 0 Å². The van der Waals surface area contributed by atoms with Gasteiger partial charge in [0, 0.05) is 18.9 Å². The van der Waals surface area contributed by atoms with E-state index >= 15 is 0 Å². The molecule has 2 heteroatoms. The number of rotatable bonds is 1. The first-order chi connectivity index (χ1) is 5.22. The Balaban J connectivity index is 0.000000218. The molecular weight excluding hydrogens is 136 g/mol. The third-order valence-corrected chi connectivity index (χ3v) is 1.57. The Bertz CT molecular complexity index is 161. The topological polar surface area (TPSA) is 17.8 Å². The van der Waals surface area contributed by atoms with Gasteiger partial charge in [0.1, 0.15) is 0 Å². The lowest BCUT2D eigenvalue weighted by Crippen LogP contribution is -1.90. The molecule has 1 aromatic rings. The van der Waals surface area contributed by atoms with Crippen LogP contribution in [0.15, 0.2) is 12.3 Å². The number of hydrogen-bond acceptors (Lipinski definition) is 1. The Kier molecular flexibility index (Phi) is 5.53. The highest BCUT2D eigenvalue weighted by atomic mass is 15.2. The second kappa shape index (κ2) is 5.96. The number of unbranched alkanes of at least 4 members (excludes halogenated alkanes) is 1. The minimum absolute atomic E-state index is 1.19. The summed E-state index contributed by atoms with van der Waals surface area (Å²) in [5, 5.41) is 3.93. The quantitative estimate of drug-likeness (QED) is 0.607. The Hall–Kier alpha value is -0.790. The maximum absolute atomic E-state index is 3.93. The van der Waals surface area contributed by atoms with Crippen molar-refractivity contribution in [2.75, 3.05) is 0 Å². The lowest BCUT2D eigenvalue weighted by molar-refractivity contribution is 0.740. The van der Waals surface area contributed by atoms with E-state index in [0.29, 0.717) is 0 Å². The number of aryl methyl sites for hydroxylation is 2. The fourth-order valence-electron chi connectivity index (χ4n) is 0.440. The molecule has 11 heavy (non-hydrogen) atoms. The molecule has 0 aromatic carbocycles. The fraction of sp³-hybridized carbons (Fsp3) is 0.667. The van der Waals surface area contributed by atoms with Crippen molar-refractivity contribution < 1.29 is 0 Å². The molecule has 0 aliphatic carbocycles. The van der Waals surface area contributed by atoms with Crippen LogP contribution in [0.25, 0.3) is 0 Å². The summed E-state index contributed by atoms with van der Waals surface area (Å²) in [5.41, 5.74) is 1.19. The second-order valence-corrected chi connectivity index (χ2v) is 2.60. The summed E-state index contributed by atoms with van der Waals surface area (Å²) in [6, 6.07) is 1.97. The largest absolute Gasteiger partial charge is 0.273 e. The summed E-state index contributed by atoms with van der Waals surface area (Å²) in [6.45, 7) is 6.38. The minimum atomic E-state index is 1.19. The van der Waals surface area contributed by atoms with Crippen LogP contribution in [0.2, 0.25) is 0 Å². The van der Waals surface area contributed by atoms with E-state index < -0.39 is 0 Å². The van der Waals surface area contributed by atoms with E-state index in [1.54, 1.807) is 6.20 Å². The van der Waals surface area contributed by atoms with Gasteiger partial charge in [-0.25, -0.2) is 0 Å². The van der Waals surface area contributed by atoms with Crippen LogP contribution < -0.4 is 0 Å². The molecule has 0 unspecified atom stereocenters. The Morgan fingerprint density at radius 3 is 2.00 bits per heavy atom. The smallest absolute Gasteiger partial charge is 0.0492 e. The first-order valence-electron chi connectivity index (χ1n) is 4.17. The average molecular weight is 154 g/mol. The zero-order chi connectivity index (χ0) is 8.69. The van der Waals surface area contributed by atoms with E-state index in [4.69, 9.17) is 0 Å². The van der Waals surface area contributed by atoms with Crippen LogP contribution in [0.1, 0.15) is 32.4 Å². The molecule has 0 fully saturated rings. The summed E-state index contributed by atoms with van der Waals surface area (Å²) in [7, 11) is 1.93. The maximum atomic E-state index is 3.93. The van der Waals surface area contributed by atoms with Gasteiger partial charge in [0.15, 0.2) is 0 Å². The Morgan fingerprint density at radius 2 is 1.91 bits per heavy atom. The fourth-order valence-corrected chi connectivity index (χ4v) is 0.440. The molecule has 64 valence electrons. The Morgan fingerprint density at radius 1 is 1.36 bits per heavy atom. The third-order valence-electron chi connectivity index (χ3n) is 1.57. The lowest BCUT2D eigenvalue weighted by Gasteiger charge is -1.87. The monoisotopic (exact) mass is 154 g/mol. The van der Waals surface area contributed by atoms with Gasteiger partial charge in [0.25, 0.3) is 0 Å². The molecule has 0 saturated heterocycles. The third kappa shape index (κ3) is 4.59. The van der Waals surface area contributed by atoms with Gasteiger partial charge < -0.3 is 0 Å². The van der Waals surface area contributed by atoms with Crippen LogP contribution in [0.4, 0.5) is 0 Å². The van der Waals surface area contributed by atoms with E-state index in [-0.39, 0.29) is 0 Å². The molecule has 1 aromatic heterocycles. The van der Waals surface area contributed by atoms with Gasteiger partial charge in [-0.15, -0.1) is 0 Å². The van der Waals surface area contributed by atoms with Gasteiger partial charge in [-0.1, -0.05) is 26.7 Å². The van der Waals surface area contributed by atoms with Gasteiger partial charge in [-0.2, -0.15) is 5.10 Å². The molecule has 1 heterocycles. The molecule has 0 atom stereocenters. The van der Waals surface area contributed by atoms with Crippen LogP contribution in [-0.4, -0.2) is 9.78 Å². The summed E-state index contributed by atoms with van der Waals surface area (Å²) in [6.07, 6.45) is 4.43. The van der Waals surface area contributed by atoms with E-state index in [1.807, 2.05) is 24.7 Å². The van der Waals surface area contributed by atoms with Gasteiger partial charge >= 0.3 is 0 Å². The van der Waals surface area contributed by atoms with Crippen molar-refractivity contribution in [2.45, 2.75) is 33.6 Å². The molecule has 0 bridgehead atoms. The van der Waals surface area contributed by atoms with Gasteiger partial charge in [-0.05, 0) is 13.0 Å². The summed E-state index contributed by atoms with van der Waals surface area (Å²) >= 11 is 0. The first kappa shape index (κ1) is 10.2. The van der Waals surface area contributed by atoms with Crippen molar-refractivity contribution in [2.24, 2.45) is 7.05 Å². The van der Waals surface area contributed by atoms with Crippen molar-refractivity contribution >= 4 is 0 Å². The van der Waals surface area contributed by atoms with Crippen molar-refractivity contribution in [3.63, 3.8) is 0 Å². The summed E-state index contributed by atoms with van der Waals surface area (Å²) in [5.74, 6) is 0. The van der Waals surface area contributed by atoms with E-state index in [2.05, 4.69) is 18.9 Å². The van der Waals surface area contributed by atoms with Crippen LogP contribution in [0, 0.1) is 6.92 Å². The zero-order valence-electron chi connectivity index (χ0n) is 7.96. The molecule has 0 saturated carbocycles. The highest BCUT2D eigenvalue weighted by Crippen LogP contribution is 1.88. The molecule has 0 aliphatic rings. The minimum Gasteiger partial charge on any atom is -0.273 e. The highest BCUT2D eigenvalue weighted by molar-refractivity contribution is 4.94. The Labute approximate surface area is 69.2 Å². The van der Waals surface area contributed by atoms with E-state index in [1.165, 1.54) is 18.5 Å². The second-order valence-electron chi connectivity index (χ2n) is 2.60. The number of aromatic nitrogens is 2. The van der Waals surface area contributed by atoms with Crippen LogP contribution in [-0.2, 0) is 7.05 Å². The molecular formula is C9H18N2. The van der Waals surface area contributed by atoms with Crippen molar-refractivity contribution in [1.29, 1.82) is 0 Å². The average Bonchev–Trinajstić information content (AvgIpc) is 2.37. The zero-order valence-corrected chi connectivity index (χ0v) is 7.96. The van der Waals surface area contributed by atoms with Gasteiger partial charge in [0.05, 0.1) is 0 Å². The molecule has 1 rings (SSSR count). The maximum Gasteiger partial charge on any atom is 0.0492 e. The molecule has 2 nitrogen and oxygen atoms in total. The molecule has 0 aliphatic heterocycles. The molecule has 0 amide bonds. The standard InChI is InChI=1S/C5H8N2.C4H10/c1-5-3-4-6-7(5)2;1-3-4-2/h3-4H,1-2H3;3-4H2,1-2H3. The van der Waals surface area contributed by atoms with Crippen LogP contribution >= 0.6 is 0 Å². The van der Waals surface area contributed by atoms with Crippen LogP contribution in [0.5, 0.6) is 0 Å². The predicted octanol–water partition coefficient (Wildman–Crippen LogP) is 2.53. The number of hydrogen-bond donors (Lipinski definition) is 0. The van der Waals surface area contributed by atoms with Gasteiger partial charge in [-0.3, -0.25) is 4.68 Å². The van der Waals surface area contributed by atoms with E-state index in [9.17, 15) is 0 Å². The molecule has 0 spiro atoms. The highest BCUT2D eigenvalue weighted by Gasteiger charge is 1.83. The summed E-state index contributed by atoms with van der Waals surface area (Å²) in [4.78, 5) is 0. The summed E-state index contributed by atoms with van der Waals surface area (Å²) < 4.78 is 1.83. The van der Waals surface area contributed by atoms with Crippen molar-refractivity contribution in [3.05, 3.63) is 18.0 Å². The van der Waals surface area contributed by atoms with E-state index in [0.717, 1.165) is 0 Å². The van der Waals surface area contributed by atoms with Crippen LogP contribution in [0.3, 0.4) is 0 Å². The molecule has 0 radical (unpaired) electrons. The first-order valence-corrected chi connectivity index (χ1v) is 4.17. The lowest BCUT2D eigenvalue weighted by atomic mass is 10.4. The van der Waals surface area contributed by atoms with Crippen molar-refractivity contribution in [1.82, 2.24) is 9.78 Å². The molecule has 0 N–H and O–H groups in total. The number of nitrogens with zero attached hydrogens (tertiary/aromatic N) is 2. The van der Waals surface area contributed by atoms with Crippen molar-refractivity contribution in [3.8, 4) is 0 Å².